The Labute approximate surface area is 180 Å². The smallest absolute Gasteiger partial charge is 0.340 e. The molecule has 0 saturated heterocycles. The summed E-state index contributed by atoms with van der Waals surface area (Å²) in [5.41, 5.74) is 1.60. The quantitative estimate of drug-likeness (QED) is 0.510. The summed E-state index contributed by atoms with van der Waals surface area (Å²) in [5.74, 6) is -1.38. The minimum atomic E-state index is -0.690. The van der Waals surface area contributed by atoms with E-state index in [4.69, 9.17) is 16.3 Å². The number of hydrogen-bond acceptors (Lipinski definition) is 4. The van der Waals surface area contributed by atoms with Gasteiger partial charge in [0.15, 0.2) is 0 Å². The van der Waals surface area contributed by atoms with Gasteiger partial charge in [0.25, 0.3) is 5.91 Å². The Kier molecular flexibility index (Phi) is 6.13. The number of phenolic OH excluding ortho intramolecular Hbond substituents is 1. The van der Waals surface area contributed by atoms with Crippen molar-refractivity contribution in [2.24, 2.45) is 0 Å². The monoisotopic (exact) mass is 423 g/mol. The normalized spacial score (nSPS) is 11.1. The number of benzene rings is 3. The number of hydrogen-bond donors (Lipinski definition) is 2. The second kappa shape index (κ2) is 8.59. The lowest BCUT2D eigenvalue weighted by molar-refractivity contribution is 0.00708. The van der Waals surface area contributed by atoms with Gasteiger partial charge in [0.1, 0.15) is 11.4 Å². The third-order valence-corrected chi connectivity index (χ3v) is 4.43. The summed E-state index contributed by atoms with van der Waals surface area (Å²) >= 11 is 5.85. The average molecular weight is 424 g/mol. The van der Waals surface area contributed by atoms with Crippen LogP contribution >= 0.6 is 11.6 Å². The second-order valence-corrected chi connectivity index (χ2v) is 8.18. The molecule has 1 amide bonds. The number of ether oxygens (including phenoxy) is 1. The van der Waals surface area contributed by atoms with Crippen molar-refractivity contribution in [2.45, 2.75) is 26.4 Å². The predicted molar refractivity (Wildman–Crippen MR) is 118 cm³/mol. The molecule has 154 valence electrons. The molecule has 0 fully saturated rings. The zero-order chi connectivity index (χ0) is 21.9. The molecule has 5 nitrogen and oxygen atoms in total. The Hall–Kier alpha value is -3.31. The molecule has 0 aliphatic heterocycles. The molecule has 3 aromatic rings. The van der Waals surface area contributed by atoms with Crippen LogP contribution in [0.2, 0.25) is 5.02 Å². The molecule has 0 atom stereocenters. The maximum atomic E-state index is 12.8. The zero-order valence-corrected chi connectivity index (χ0v) is 17.7. The summed E-state index contributed by atoms with van der Waals surface area (Å²) in [7, 11) is 0. The first kappa shape index (κ1) is 21.4. The van der Waals surface area contributed by atoms with Gasteiger partial charge < -0.3 is 15.2 Å². The van der Waals surface area contributed by atoms with Crippen molar-refractivity contribution in [3.05, 3.63) is 82.9 Å². The van der Waals surface area contributed by atoms with Crippen LogP contribution in [0.1, 0.15) is 41.5 Å². The van der Waals surface area contributed by atoms with Crippen LogP contribution in [0.3, 0.4) is 0 Å². The molecule has 0 aromatic heterocycles. The van der Waals surface area contributed by atoms with E-state index in [0.29, 0.717) is 5.02 Å². The molecule has 0 heterocycles. The summed E-state index contributed by atoms with van der Waals surface area (Å²) < 4.78 is 5.48. The number of amides is 1. The van der Waals surface area contributed by atoms with Gasteiger partial charge in [0.05, 0.1) is 16.8 Å². The molecule has 0 aliphatic carbocycles. The summed E-state index contributed by atoms with van der Waals surface area (Å²) in [6, 6.07) is 18.9. The van der Waals surface area contributed by atoms with E-state index in [-0.39, 0.29) is 22.6 Å². The highest BCUT2D eigenvalue weighted by Crippen LogP contribution is 2.29. The predicted octanol–water partition coefficient (Wildman–Crippen LogP) is 5.92. The van der Waals surface area contributed by atoms with Crippen molar-refractivity contribution in [2.75, 3.05) is 5.32 Å². The molecule has 6 heteroatoms. The highest BCUT2D eigenvalue weighted by Gasteiger charge is 2.22. The molecular weight excluding hydrogens is 402 g/mol. The fourth-order valence-electron chi connectivity index (χ4n) is 2.86. The van der Waals surface area contributed by atoms with Gasteiger partial charge in [-0.15, -0.1) is 0 Å². The number of carbonyl (C=O) groups excluding carboxylic acids is 2. The van der Waals surface area contributed by atoms with E-state index < -0.39 is 17.5 Å². The Bertz CT molecular complexity index is 1090. The van der Waals surface area contributed by atoms with Crippen LogP contribution in [-0.2, 0) is 4.74 Å². The first-order valence-electron chi connectivity index (χ1n) is 9.37. The molecule has 2 N–H and O–H groups in total. The van der Waals surface area contributed by atoms with Gasteiger partial charge in [-0.05, 0) is 62.2 Å². The van der Waals surface area contributed by atoms with E-state index in [0.717, 1.165) is 11.1 Å². The summed E-state index contributed by atoms with van der Waals surface area (Å²) in [5, 5.41) is 13.1. The van der Waals surface area contributed by atoms with E-state index in [9.17, 15) is 14.7 Å². The molecule has 3 rings (SSSR count). The topological polar surface area (TPSA) is 75.6 Å². The molecule has 0 saturated carbocycles. The molecule has 30 heavy (non-hydrogen) atoms. The number of esters is 1. The number of carbonyl (C=O) groups is 2. The number of halogens is 1. The number of nitrogens with one attached hydrogen (secondary N) is 1. The molecule has 0 spiro atoms. The fraction of sp³-hybridized carbons (Fsp3) is 0.167. The Balaban J connectivity index is 2.01. The number of rotatable bonds is 4. The van der Waals surface area contributed by atoms with Gasteiger partial charge in [0, 0.05) is 5.02 Å². The minimum absolute atomic E-state index is 0.0413. The molecule has 0 unspecified atom stereocenters. The number of anilines is 1. The maximum absolute atomic E-state index is 12.8. The standard InChI is InChI=1S/C24H22ClNO4/c1-24(2,3)30-23(29)18-11-9-16(15-7-5-4-6-8-15)13-20(18)26-22(28)19-12-10-17(25)14-21(19)27/h4-14,27H,1-3H3,(H,26,28). The molecular formula is C24H22ClNO4. The maximum Gasteiger partial charge on any atom is 0.340 e. The largest absolute Gasteiger partial charge is 0.507 e. The Morgan fingerprint density at radius 3 is 2.20 bits per heavy atom. The lowest BCUT2D eigenvalue weighted by atomic mass is 10.0. The van der Waals surface area contributed by atoms with Crippen LogP contribution in [0.15, 0.2) is 66.7 Å². The van der Waals surface area contributed by atoms with Crippen molar-refractivity contribution in [1.29, 1.82) is 0 Å². The highest BCUT2D eigenvalue weighted by molar-refractivity contribution is 6.31. The number of phenols is 1. The van der Waals surface area contributed by atoms with E-state index >= 15 is 0 Å². The molecule has 0 bridgehead atoms. The van der Waals surface area contributed by atoms with E-state index in [1.54, 1.807) is 39.0 Å². The third-order valence-electron chi connectivity index (χ3n) is 4.20. The van der Waals surface area contributed by atoms with Crippen molar-refractivity contribution in [3.8, 4) is 16.9 Å². The van der Waals surface area contributed by atoms with Crippen LogP contribution in [0.5, 0.6) is 5.75 Å². The van der Waals surface area contributed by atoms with Gasteiger partial charge in [-0.1, -0.05) is 48.0 Å². The van der Waals surface area contributed by atoms with Gasteiger partial charge in [0.2, 0.25) is 0 Å². The van der Waals surface area contributed by atoms with E-state index in [1.165, 1.54) is 18.2 Å². The Morgan fingerprint density at radius 1 is 0.900 bits per heavy atom. The summed E-state index contributed by atoms with van der Waals surface area (Å²) in [6.07, 6.45) is 0. The lowest BCUT2D eigenvalue weighted by Crippen LogP contribution is -2.25. The second-order valence-electron chi connectivity index (χ2n) is 7.74. The molecule has 0 aliphatic rings. The summed E-state index contributed by atoms with van der Waals surface area (Å²) in [4.78, 5) is 25.5. The SMILES string of the molecule is CC(C)(C)OC(=O)c1ccc(-c2ccccc2)cc1NC(=O)c1ccc(Cl)cc1O. The third kappa shape index (κ3) is 5.19. The van der Waals surface area contributed by atoms with Gasteiger partial charge in [-0.25, -0.2) is 4.79 Å². The summed E-state index contributed by atoms with van der Waals surface area (Å²) in [6.45, 7) is 5.31. The zero-order valence-electron chi connectivity index (χ0n) is 16.9. The lowest BCUT2D eigenvalue weighted by Gasteiger charge is -2.21. The van der Waals surface area contributed by atoms with Gasteiger partial charge >= 0.3 is 5.97 Å². The van der Waals surface area contributed by atoms with Crippen LogP contribution in [0.25, 0.3) is 11.1 Å². The molecule has 3 aromatic carbocycles. The van der Waals surface area contributed by atoms with E-state index in [2.05, 4.69) is 5.32 Å². The minimum Gasteiger partial charge on any atom is -0.507 e. The van der Waals surface area contributed by atoms with Crippen molar-refractivity contribution >= 4 is 29.2 Å². The van der Waals surface area contributed by atoms with Gasteiger partial charge in [-0.2, -0.15) is 0 Å². The number of aromatic hydroxyl groups is 1. The van der Waals surface area contributed by atoms with Crippen LogP contribution in [0, 0.1) is 0 Å². The van der Waals surface area contributed by atoms with Crippen molar-refractivity contribution in [3.63, 3.8) is 0 Å². The van der Waals surface area contributed by atoms with E-state index in [1.807, 2.05) is 30.3 Å². The van der Waals surface area contributed by atoms with Crippen molar-refractivity contribution in [1.82, 2.24) is 0 Å². The van der Waals surface area contributed by atoms with Crippen LogP contribution in [0.4, 0.5) is 5.69 Å². The van der Waals surface area contributed by atoms with Crippen LogP contribution < -0.4 is 5.32 Å². The van der Waals surface area contributed by atoms with Crippen molar-refractivity contribution < 1.29 is 19.4 Å². The Morgan fingerprint density at radius 2 is 1.57 bits per heavy atom. The average Bonchev–Trinajstić information content (AvgIpc) is 2.67. The first-order valence-corrected chi connectivity index (χ1v) is 9.74. The fourth-order valence-corrected chi connectivity index (χ4v) is 3.02. The molecule has 0 radical (unpaired) electrons. The van der Waals surface area contributed by atoms with Crippen LogP contribution in [-0.4, -0.2) is 22.6 Å². The first-order chi connectivity index (χ1) is 14.1. The van der Waals surface area contributed by atoms with Gasteiger partial charge in [-0.3, -0.25) is 4.79 Å². The highest BCUT2D eigenvalue weighted by atomic mass is 35.5.